The van der Waals surface area contributed by atoms with Crippen LogP contribution in [0.3, 0.4) is 0 Å². The number of carbonyl (C=O) groups is 2. The maximum Gasteiger partial charge on any atom is 0.326 e. The molecule has 0 aromatic heterocycles. The number of amides is 1. The van der Waals surface area contributed by atoms with Crippen molar-refractivity contribution in [2.75, 3.05) is 20.3 Å². The largest absolute Gasteiger partial charge is 0.481 e. The SMILES string of the molecule is C#CCOc1ccc(C(=O)NC(CCOC)C(=O)O)cc1. The van der Waals surface area contributed by atoms with Gasteiger partial charge in [-0.1, -0.05) is 5.92 Å². The van der Waals surface area contributed by atoms with Gasteiger partial charge in [0.1, 0.15) is 18.4 Å². The number of carbonyl (C=O) groups excluding carboxylic acids is 1. The Morgan fingerprint density at radius 1 is 1.38 bits per heavy atom. The Bertz CT molecular complexity index is 518. The first-order valence-electron chi connectivity index (χ1n) is 6.27. The summed E-state index contributed by atoms with van der Waals surface area (Å²) < 4.78 is 10.00. The molecule has 0 saturated carbocycles. The van der Waals surface area contributed by atoms with Gasteiger partial charge in [-0.05, 0) is 24.3 Å². The van der Waals surface area contributed by atoms with E-state index in [2.05, 4.69) is 11.2 Å². The summed E-state index contributed by atoms with van der Waals surface area (Å²) in [6.07, 6.45) is 5.27. The van der Waals surface area contributed by atoms with Crippen LogP contribution < -0.4 is 10.1 Å². The van der Waals surface area contributed by atoms with E-state index < -0.39 is 17.9 Å². The van der Waals surface area contributed by atoms with E-state index in [1.54, 1.807) is 12.1 Å². The molecule has 0 aliphatic carbocycles. The van der Waals surface area contributed by atoms with Crippen LogP contribution >= 0.6 is 0 Å². The van der Waals surface area contributed by atoms with E-state index in [1.807, 2.05) is 0 Å². The lowest BCUT2D eigenvalue weighted by Gasteiger charge is -2.14. The van der Waals surface area contributed by atoms with Crippen molar-refractivity contribution < 1.29 is 24.2 Å². The Labute approximate surface area is 123 Å². The van der Waals surface area contributed by atoms with Crippen molar-refractivity contribution in [2.45, 2.75) is 12.5 Å². The van der Waals surface area contributed by atoms with Gasteiger partial charge in [-0.25, -0.2) is 4.79 Å². The summed E-state index contributed by atoms with van der Waals surface area (Å²) in [5, 5.41) is 11.5. The zero-order valence-corrected chi connectivity index (χ0v) is 11.7. The van der Waals surface area contributed by atoms with Crippen molar-refractivity contribution in [3.05, 3.63) is 29.8 Å². The summed E-state index contributed by atoms with van der Waals surface area (Å²) in [6, 6.07) is 5.27. The molecule has 1 unspecified atom stereocenters. The second-order valence-corrected chi connectivity index (χ2v) is 4.16. The molecule has 112 valence electrons. The van der Waals surface area contributed by atoms with Gasteiger partial charge in [-0.2, -0.15) is 0 Å². The highest BCUT2D eigenvalue weighted by Crippen LogP contribution is 2.12. The molecule has 0 aliphatic heterocycles. The maximum atomic E-state index is 12.0. The van der Waals surface area contributed by atoms with Gasteiger partial charge >= 0.3 is 5.97 Å². The zero-order valence-electron chi connectivity index (χ0n) is 11.7. The highest BCUT2D eigenvalue weighted by Gasteiger charge is 2.20. The highest BCUT2D eigenvalue weighted by molar-refractivity contribution is 5.96. The lowest BCUT2D eigenvalue weighted by Crippen LogP contribution is -2.41. The number of aliphatic carboxylic acids is 1. The number of carboxylic acids is 1. The van der Waals surface area contributed by atoms with E-state index >= 15 is 0 Å². The van der Waals surface area contributed by atoms with E-state index in [0.717, 1.165) is 0 Å². The normalized spacial score (nSPS) is 11.2. The molecule has 2 N–H and O–H groups in total. The van der Waals surface area contributed by atoms with Crippen LogP contribution in [-0.2, 0) is 9.53 Å². The molecule has 0 saturated heterocycles. The lowest BCUT2D eigenvalue weighted by molar-refractivity contribution is -0.139. The molecule has 0 radical (unpaired) electrons. The molecule has 0 bridgehead atoms. The molecule has 1 aromatic rings. The van der Waals surface area contributed by atoms with Crippen LogP contribution in [0.15, 0.2) is 24.3 Å². The van der Waals surface area contributed by atoms with Crippen molar-refractivity contribution in [3.8, 4) is 18.1 Å². The highest BCUT2D eigenvalue weighted by atomic mass is 16.5. The molecular formula is C15H17NO5. The monoisotopic (exact) mass is 291 g/mol. The van der Waals surface area contributed by atoms with Crippen LogP contribution in [0.4, 0.5) is 0 Å². The number of benzene rings is 1. The Morgan fingerprint density at radius 3 is 2.57 bits per heavy atom. The minimum absolute atomic E-state index is 0.143. The van der Waals surface area contributed by atoms with Crippen LogP contribution in [0.25, 0.3) is 0 Å². The summed E-state index contributed by atoms with van der Waals surface area (Å²) >= 11 is 0. The van der Waals surface area contributed by atoms with Gasteiger partial charge in [-0.15, -0.1) is 6.42 Å². The predicted molar refractivity (Wildman–Crippen MR) is 76.2 cm³/mol. The zero-order chi connectivity index (χ0) is 15.7. The molecule has 1 atom stereocenters. The fourth-order valence-corrected chi connectivity index (χ4v) is 1.56. The van der Waals surface area contributed by atoms with Crippen molar-refractivity contribution in [2.24, 2.45) is 0 Å². The summed E-state index contributed by atoms with van der Waals surface area (Å²) in [5.41, 5.74) is 0.340. The third-order valence-electron chi connectivity index (χ3n) is 2.65. The Hall–Kier alpha value is -2.52. The number of methoxy groups -OCH3 is 1. The minimum atomic E-state index is -1.10. The molecule has 0 aliphatic rings. The molecule has 0 spiro atoms. The van der Waals surface area contributed by atoms with Gasteiger partial charge in [0.05, 0.1) is 0 Å². The van der Waals surface area contributed by atoms with E-state index in [9.17, 15) is 9.59 Å². The van der Waals surface area contributed by atoms with Gasteiger partial charge in [0.2, 0.25) is 0 Å². The van der Waals surface area contributed by atoms with Gasteiger partial charge in [-0.3, -0.25) is 4.79 Å². The van der Waals surface area contributed by atoms with Crippen molar-refractivity contribution in [1.29, 1.82) is 0 Å². The van der Waals surface area contributed by atoms with E-state index in [1.165, 1.54) is 19.2 Å². The average Bonchev–Trinajstić information content (AvgIpc) is 2.49. The summed E-state index contributed by atoms with van der Waals surface area (Å²) in [6.45, 7) is 0.389. The van der Waals surface area contributed by atoms with Crippen LogP contribution in [-0.4, -0.2) is 43.3 Å². The lowest BCUT2D eigenvalue weighted by atomic mass is 10.1. The number of hydrogen-bond donors (Lipinski definition) is 2. The number of rotatable bonds is 8. The number of ether oxygens (including phenoxy) is 2. The predicted octanol–water partition coefficient (Wildman–Crippen LogP) is 0.918. The van der Waals surface area contributed by atoms with Crippen molar-refractivity contribution in [3.63, 3.8) is 0 Å². The quantitative estimate of drug-likeness (QED) is 0.696. The van der Waals surface area contributed by atoms with Crippen LogP contribution in [0.5, 0.6) is 5.75 Å². The van der Waals surface area contributed by atoms with Gasteiger partial charge in [0.25, 0.3) is 5.91 Å². The van der Waals surface area contributed by atoms with E-state index in [4.69, 9.17) is 21.0 Å². The fraction of sp³-hybridized carbons (Fsp3) is 0.333. The number of terminal acetylenes is 1. The topological polar surface area (TPSA) is 84.9 Å². The molecule has 6 heteroatoms. The van der Waals surface area contributed by atoms with E-state index in [-0.39, 0.29) is 19.6 Å². The number of nitrogens with one attached hydrogen (secondary N) is 1. The summed E-state index contributed by atoms with van der Waals surface area (Å²) in [5.74, 6) is 1.30. The molecule has 21 heavy (non-hydrogen) atoms. The second kappa shape index (κ2) is 8.61. The summed E-state index contributed by atoms with van der Waals surface area (Å²) in [4.78, 5) is 23.0. The molecular weight excluding hydrogens is 274 g/mol. The number of hydrogen-bond acceptors (Lipinski definition) is 4. The first kappa shape index (κ1) is 16.5. The standard InChI is InChI=1S/C15H17NO5/c1-3-9-21-12-6-4-11(5-7-12)14(17)16-13(15(18)19)8-10-20-2/h1,4-7,13H,8-10H2,2H3,(H,16,17)(H,18,19). The average molecular weight is 291 g/mol. The summed E-state index contributed by atoms with van der Waals surface area (Å²) in [7, 11) is 1.47. The van der Waals surface area contributed by atoms with Crippen LogP contribution in [0.2, 0.25) is 0 Å². The maximum absolute atomic E-state index is 12.0. The molecule has 1 aromatic carbocycles. The second-order valence-electron chi connectivity index (χ2n) is 4.16. The minimum Gasteiger partial charge on any atom is -0.481 e. The van der Waals surface area contributed by atoms with E-state index in [0.29, 0.717) is 11.3 Å². The molecule has 1 amide bonds. The van der Waals surface area contributed by atoms with Crippen LogP contribution in [0, 0.1) is 12.3 Å². The Kier molecular flexibility index (Phi) is 6.78. The molecule has 6 nitrogen and oxygen atoms in total. The Morgan fingerprint density at radius 2 is 2.05 bits per heavy atom. The molecule has 1 rings (SSSR count). The smallest absolute Gasteiger partial charge is 0.326 e. The van der Waals surface area contributed by atoms with Gasteiger partial charge in [0.15, 0.2) is 0 Å². The van der Waals surface area contributed by atoms with Gasteiger partial charge < -0.3 is 19.9 Å². The van der Waals surface area contributed by atoms with Crippen LogP contribution in [0.1, 0.15) is 16.8 Å². The third-order valence-corrected chi connectivity index (χ3v) is 2.65. The first-order chi connectivity index (χ1) is 10.1. The Balaban J connectivity index is 2.65. The fourth-order valence-electron chi connectivity index (χ4n) is 1.56. The van der Waals surface area contributed by atoms with Crippen molar-refractivity contribution in [1.82, 2.24) is 5.32 Å². The molecule has 0 fully saturated rings. The first-order valence-corrected chi connectivity index (χ1v) is 6.27. The number of carboxylic acid groups (broad SMARTS) is 1. The third kappa shape index (κ3) is 5.55. The van der Waals surface area contributed by atoms with Gasteiger partial charge in [0, 0.05) is 25.7 Å². The van der Waals surface area contributed by atoms with Crippen molar-refractivity contribution >= 4 is 11.9 Å². The molecule has 0 heterocycles.